The Kier molecular flexibility index (Phi) is 7.80. The first-order chi connectivity index (χ1) is 28.7. The molecule has 8 aromatic carbocycles. The van der Waals surface area contributed by atoms with E-state index in [0.29, 0.717) is 11.4 Å². The minimum absolute atomic E-state index is 0.589. The predicted molar refractivity (Wildman–Crippen MR) is 237 cm³/mol. The Morgan fingerprint density at radius 2 is 0.828 bits per heavy atom. The van der Waals surface area contributed by atoms with Gasteiger partial charge in [-0.15, -0.1) is 0 Å². The maximum Gasteiger partial charge on any atom is 0.160 e. The van der Waals surface area contributed by atoms with Crippen molar-refractivity contribution in [3.63, 3.8) is 0 Å². The highest BCUT2D eigenvalue weighted by atomic mass is 15.0. The highest BCUT2D eigenvalue weighted by molar-refractivity contribution is 6.11. The maximum atomic E-state index is 10.3. The molecule has 11 aromatic rings. The van der Waals surface area contributed by atoms with Crippen molar-refractivity contribution in [1.29, 1.82) is 5.26 Å². The summed E-state index contributed by atoms with van der Waals surface area (Å²) in [6.07, 6.45) is 0. The molecule has 0 aliphatic carbocycles. The summed E-state index contributed by atoms with van der Waals surface area (Å²) in [5, 5.41) is 15.0. The molecule has 0 aliphatic heterocycles. The van der Waals surface area contributed by atoms with Gasteiger partial charge in [0.05, 0.1) is 56.5 Å². The van der Waals surface area contributed by atoms with E-state index < -0.39 is 0 Å². The van der Waals surface area contributed by atoms with Crippen LogP contribution in [0.1, 0.15) is 5.56 Å². The number of hydrogen-bond acceptors (Lipinski definition) is 3. The van der Waals surface area contributed by atoms with Crippen molar-refractivity contribution in [3.8, 4) is 62.5 Å². The Hall–Kier alpha value is -8.07. The van der Waals surface area contributed by atoms with Gasteiger partial charge in [0.1, 0.15) is 0 Å². The number of para-hydroxylation sites is 4. The standard InChI is InChI=1S/C53H33N5/c54-34-35-27-29-43(52(31-35)58-49-25-13-9-21-41(49)42-22-10-14-26-50(42)58)44-32-38(28-30-51(44)57-47-23-11-7-19-39(47)40-20-8-12-24-48(40)57)46-33-45(36-15-3-1-4-16-36)55-53(56-46)37-17-5-2-6-18-37/h1-33H. The maximum absolute atomic E-state index is 10.3. The normalized spacial score (nSPS) is 11.4. The lowest BCUT2D eigenvalue weighted by Gasteiger charge is -2.20. The van der Waals surface area contributed by atoms with Crippen LogP contribution in [0.4, 0.5) is 0 Å². The van der Waals surface area contributed by atoms with E-state index in [4.69, 9.17) is 9.97 Å². The van der Waals surface area contributed by atoms with Gasteiger partial charge in [-0.2, -0.15) is 5.26 Å². The van der Waals surface area contributed by atoms with Crippen LogP contribution in [-0.4, -0.2) is 19.1 Å². The molecule has 0 N–H and O–H groups in total. The van der Waals surface area contributed by atoms with Gasteiger partial charge in [-0.05, 0) is 54.6 Å². The van der Waals surface area contributed by atoms with Crippen LogP contribution in [0.5, 0.6) is 0 Å². The van der Waals surface area contributed by atoms with E-state index in [9.17, 15) is 5.26 Å². The molecule has 0 aliphatic rings. The van der Waals surface area contributed by atoms with E-state index in [1.54, 1.807) is 0 Å². The van der Waals surface area contributed by atoms with Crippen LogP contribution in [0.2, 0.25) is 0 Å². The van der Waals surface area contributed by atoms with Crippen LogP contribution in [-0.2, 0) is 0 Å². The first-order valence-corrected chi connectivity index (χ1v) is 19.4. The van der Waals surface area contributed by atoms with E-state index in [-0.39, 0.29) is 0 Å². The van der Waals surface area contributed by atoms with Crippen LogP contribution in [0.3, 0.4) is 0 Å². The lowest BCUT2D eigenvalue weighted by molar-refractivity contribution is 1.15. The molecule has 5 heteroatoms. The van der Waals surface area contributed by atoms with Gasteiger partial charge in [-0.1, -0.05) is 146 Å². The fourth-order valence-corrected chi connectivity index (χ4v) is 8.55. The molecule has 0 fully saturated rings. The Morgan fingerprint density at radius 3 is 1.36 bits per heavy atom. The SMILES string of the molecule is N#Cc1ccc(-c2cc(-c3cc(-c4ccccc4)nc(-c4ccccc4)n3)ccc2-n2c3ccccc3c3ccccc32)c(-n2c3ccccc3c3ccccc32)c1. The summed E-state index contributed by atoms with van der Waals surface area (Å²) >= 11 is 0. The summed E-state index contributed by atoms with van der Waals surface area (Å²) < 4.78 is 4.69. The molecule has 0 radical (unpaired) electrons. The van der Waals surface area contributed by atoms with Crippen molar-refractivity contribution >= 4 is 43.6 Å². The fraction of sp³-hybridized carbons (Fsp3) is 0. The quantitative estimate of drug-likeness (QED) is 0.171. The third-order valence-electron chi connectivity index (χ3n) is 11.2. The van der Waals surface area contributed by atoms with E-state index in [2.05, 4.69) is 167 Å². The van der Waals surface area contributed by atoms with Crippen molar-refractivity contribution < 1.29 is 0 Å². The molecular formula is C53H33N5. The molecule has 11 rings (SSSR count). The second-order valence-electron chi connectivity index (χ2n) is 14.5. The van der Waals surface area contributed by atoms with Gasteiger partial charge < -0.3 is 9.13 Å². The zero-order valence-corrected chi connectivity index (χ0v) is 31.3. The molecule has 0 saturated heterocycles. The molecule has 0 saturated carbocycles. The zero-order chi connectivity index (χ0) is 38.6. The topological polar surface area (TPSA) is 59.4 Å². The van der Waals surface area contributed by atoms with Crippen LogP contribution in [0, 0.1) is 11.3 Å². The number of benzene rings is 8. The summed E-state index contributed by atoms with van der Waals surface area (Å²) in [6, 6.07) is 72.0. The van der Waals surface area contributed by atoms with Gasteiger partial charge in [0.25, 0.3) is 0 Å². The Bertz CT molecular complexity index is 3240. The average Bonchev–Trinajstić information content (AvgIpc) is 3.82. The van der Waals surface area contributed by atoms with Gasteiger partial charge in [0.2, 0.25) is 0 Å². The summed E-state index contributed by atoms with van der Waals surface area (Å²) in [5.41, 5.74) is 13.5. The molecule has 0 bridgehead atoms. The third-order valence-corrected chi connectivity index (χ3v) is 11.2. The molecule has 5 nitrogen and oxygen atoms in total. The van der Waals surface area contributed by atoms with Crippen molar-refractivity contribution in [1.82, 2.24) is 19.1 Å². The third kappa shape index (κ3) is 5.39. The number of nitrogens with zero attached hydrogens (tertiary/aromatic N) is 5. The van der Waals surface area contributed by atoms with E-state index >= 15 is 0 Å². The van der Waals surface area contributed by atoms with E-state index in [1.807, 2.05) is 48.5 Å². The van der Waals surface area contributed by atoms with Crippen LogP contribution in [0.15, 0.2) is 200 Å². The van der Waals surface area contributed by atoms with Crippen LogP contribution < -0.4 is 0 Å². The summed E-state index contributed by atoms with van der Waals surface area (Å²) in [7, 11) is 0. The molecule has 0 unspecified atom stereocenters. The lowest BCUT2D eigenvalue weighted by Crippen LogP contribution is -2.03. The second-order valence-corrected chi connectivity index (χ2v) is 14.5. The summed E-state index contributed by atoms with van der Waals surface area (Å²) in [5.74, 6) is 0.661. The minimum Gasteiger partial charge on any atom is -0.309 e. The van der Waals surface area contributed by atoms with Crippen molar-refractivity contribution in [2.75, 3.05) is 0 Å². The van der Waals surface area contributed by atoms with Crippen molar-refractivity contribution in [2.45, 2.75) is 0 Å². The Labute approximate surface area is 335 Å². The second kappa shape index (κ2) is 13.6. The number of nitriles is 1. The van der Waals surface area contributed by atoms with Crippen LogP contribution in [0.25, 0.3) is 100 Å². The number of fused-ring (bicyclic) bond motifs is 6. The smallest absolute Gasteiger partial charge is 0.160 e. The largest absolute Gasteiger partial charge is 0.309 e. The molecule has 270 valence electrons. The van der Waals surface area contributed by atoms with Gasteiger partial charge in [0.15, 0.2) is 5.82 Å². The first-order valence-electron chi connectivity index (χ1n) is 19.4. The highest BCUT2D eigenvalue weighted by Crippen LogP contribution is 2.42. The van der Waals surface area contributed by atoms with E-state index in [0.717, 1.165) is 83.4 Å². The lowest BCUT2D eigenvalue weighted by atomic mass is 9.95. The van der Waals surface area contributed by atoms with Crippen molar-refractivity contribution in [2.24, 2.45) is 0 Å². The highest BCUT2D eigenvalue weighted by Gasteiger charge is 2.22. The zero-order valence-electron chi connectivity index (χ0n) is 31.3. The first kappa shape index (κ1) is 33.3. The molecule has 58 heavy (non-hydrogen) atoms. The Balaban J connectivity index is 1.24. The summed E-state index contributed by atoms with van der Waals surface area (Å²) in [4.78, 5) is 10.3. The fourth-order valence-electron chi connectivity index (χ4n) is 8.55. The molecule has 3 heterocycles. The number of rotatable bonds is 6. The number of aromatic nitrogens is 4. The molecule has 3 aromatic heterocycles. The molecule has 0 atom stereocenters. The monoisotopic (exact) mass is 739 g/mol. The summed E-state index contributed by atoms with van der Waals surface area (Å²) in [6.45, 7) is 0. The van der Waals surface area contributed by atoms with Crippen LogP contribution >= 0.6 is 0 Å². The van der Waals surface area contributed by atoms with Gasteiger partial charge in [0, 0.05) is 49.4 Å². The number of hydrogen-bond donors (Lipinski definition) is 0. The molecular weight excluding hydrogens is 707 g/mol. The Morgan fingerprint density at radius 1 is 0.362 bits per heavy atom. The molecule has 0 amide bonds. The minimum atomic E-state index is 0.589. The van der Waals surface area contributed by atoms with Gasteiger partial charge in [-0.25, -0.2) is 9.97 Å². The van der Waals surface area contributed by atoms with Gasteiger partial charge >= 0.3 is 0 Å². The molecule has 0 spiro atoms. The predicted octanol–water partition coefficient (Wildman–Crippen LogP) is 13.2. The van der Waals surface area contributed by atoms with Gasteiger partial charge in [-0.3, -0.25) is 0 Å². The average molecular weight is 740 g/mol. The van der Waals surface area contributed by atoms with Crippen molar-refractivity contribution in [3.05, 3.63) is 206 Å². The van der Waals surface area contributed by atoms with E-state index in [1.165, 1.54) is 10.8 Å².